The van der Waals surface area contributed by atoms with E-state index in [0.29, 0.717) is 11.7 Å². The summed E-state index contributed by atoms with van der Waals surface area (Å²) in [6.07, 6.45) is 1.78. The van der Waals surface area contributed by atoms with Gasteiger partial charge in [-0.3, -0.25) is 9.78 Å². The number of carbonyl (C=O) groups excluding carboxylic acids is 1. The molecular formula is C24H26N4O2S. The third-order valence-electron chi connectivity index (χ3n) is 5.61. The fourth-order valence-electron chi connectivity index (χ4n) is 4.32. The van der Waals surface area contributed by atoms with E-state index in [0.717, 1.165) is 28.3 Å². The van der Waals surface area contributed by atoms with E-state index in [2.05, 4.69) is 46.9 Å². The minimum absolute atomic E-state index is 0.0860. The third-order valence-corrected chi connectivity index (χ3v) is 5.96. The zero-order valence-electron chi connectivity index (χ0n) is 17.9. The van der Waals surface area contributed by atoms with Gasteiger partial charge >= 0.3 is 5.97 Å². The molecule has 1 aliphatic rings. The number of ether oxygens (including phenoxy) is 1. The molecule has 0 spiro atoms. The van der Waals surface area contributed by atoms with Crippen molar-refractivity contribution in [3.63, 3.8) is 0 Å². The van der Waals surface area contributed by atoms with E-state index in [1.807, 2.05) is 41.3 Å². The van der Waals surface area contributed by atoms with Crippen LogP contribution in [0.5, 0.6) is 0 Å². The second-order valence-electron chi connectivity index (χ2n) is 7.56. The maximum Gasteiger partial charge on any atom is 0.325 e. The van der Waals surface area contributed by atoms with Crippen molar-refractivity contribution in [3.05, 3.63) is 83.4 Å². The van der Waals surface area contributed by atoms with E-state index in [9.17, 15) is 4.79 Å². The van der Waals surface area contributed by atoms with Crippen LogP contribution in [-0.4, -0.2) is 38.7 Å². The summed E-state index contributed by atoms with van der Waals surface area (Å²) < 4.78 is 7.45. The molecule has 31 heavy (non-hydrogen) atoms. The molecule has 1 aliphatic heterocycles. The van der Waals surface area contributed by atoms with E-state index in [4.69, 9.17) is 17.0 Å². The molecule has 2 unspecified atom stereocenters. The lowest BCUT2D eigenvalue weighted by Gasteiger charge is -2.27. The highest BCUT2D eigenvalue weighted by Crippen LogP contribution is 2.41. The minimum atomic E-state index is -0.296. The summed E-state index contributed by atoms with van der Waals surface area (Å²) in [4.78, 5) is 18.9. The molecule has 0 bridgehead atoms. The first kappa shape index (κ1) is 21.1. The Bertz CT molecular complexity index is 1080. The van der Waals surface area contributed by atoms with E-state index >= 15 is 0 Å². The Kier molecular flexibility index (Phi) is 6.04. The Morgan fingerprint density at radius 2 is 1.90 bits per heavy atom. The van der Waals surface area contributed by atoms with Gasteiger partial charge in [0.25, 0.3) is 0 Å². The van der Waals surface area contributed by atoms with Gasteiger partial charge in [0.1, 0.15) is 6.54 Å². The van der Waals surface area contributed by atoms with Crippen LogP contribution in [0.2, 0.25) is 0 Å². The standard InChI is InChI=1S/C24H26N4O2S/c1-4-30-21(29)15-27-23(22(26-24(27)31)20-12-8-9-13-25-20)19-14-16(2)28(17(19)3)18-10-6-5-7-11-18/h5-14,22-23H,4,15H2,1-3H3,(H,26,31). The predicted molar refractivity (Wildman–Crippen MR) is 124 cm³/mol. The highest BCUT2D eigenvalue weighted by atomic mass is 32.1. The van der Waals surface area contributed by atoms with Gasteiger partial charge in [-0.15, -0.1) is 0 Å². The zero-order valence-corrected chi connectivity index (χ0v) is 18.7. The first-order chi connectivity index (χ1) is 15.0. The average molecular weight is 435 g/mol. The molecular weight excluding hydrogens is 408 g/mol. The molecule has 0 aliphatic carbocycles. The van der Waals surface area contributed by atoms with E-state index in [-0.39, 0.29) is 24.6 Å². The number of hydrogen-bond acceptors (Lipinski definition) is 4. The lowest BCUT2D eigenvalue weighted by molar-refractivity contribution is -0.143. The van der Waals surface area contributed by atoms with Crippen molar-refractivity contribution in [1.29, 1.82) is 0 Å². The largest absolute Gasteiger partial charge is 0.465 e. The third kappa shape index (κ3) is 4.05. The topological polar surface area (TPSA) is 59.4 Å². The number of esters is 1. The van der Waals surface area contributed by atoms with Crippen LogP contribution in [0.1, 0.15) is 41.7 Å². The van der Waals surface area contributed by atoms with Crippen LogP contribution >= 0.6 is 12.2 Å². The van der Waals surface area contributed by atoms with Crippen LogP contribution in [0.3, 0.4) is 0 Å². The fraction of sp³-hybridized carbons (Fsp3) is 0.292. The molecule has 3 heterocycles. The first-order valence-electron chi connectivity index (χ1n) is 10.4. The normalized spacial score (nSPS) is 18.2. The lowest BCUT2D eigenvalue weighted by atomic mass is 9.97. The van der Waals surface area contributed by atoms with Crippen molar-refractivity contribution < 1.29 is 9.53 Å². The van der Waals surface area contributed by atoms with E-state index < -0.39 is 0 Å². The summed E-state index contributed by atoms with van der Waals surface area (Å²) in [6.45, 7) is 6.43. The molecule has 7 heteroatoms. The Labute approximate surface area is 187 Å². The molecule has 1 fully saturated rings. The van der Waals surface area contributed by atoms with Crippen LogP contribution in [-0.2, 0) is 9.53 Å². The quantitative estimate of drug-likeness (QED) is 0.467. The maximum absolute atomic E-state index is 12.4. The van der Waals surface area contributed by atoms with E-state index in [1.54, 1.807) is 13.1 Å². The molecule has 4 rings (SSSR count). The van der Waals surface area contributed by atoms with Crippen molar-refractivity contribution in [2.45, 2.75) is 32.9 Å². The molecule has 1 N–H and O–H groups in total. The summed E-state index contributed by atoms with van der Waals surface area (Å²) in [5, 5.41) is 3.92. The molecule has 0 saturated carbocycles. The van der Waals surface area contributed by atoms with Gasteiger partial charge in [0.15, 0.2) is 5.11 Å². The molecule has 160 valence electrons. The Morgan fingerprint density at radius 3 is 2.58 bits per heavy atom. The van der Waals surface area contributed by atoms with Crippen molar-refractivity contribution in [2.75, 3.05) is 13.2 Å². The van der Waals surface area contributed by atoms with Gasteiger partial charge < -0.3 is 19.5 Å². The molecule has 1 aromatic carbocycles. The SMILES string of the molecule is CCOC(=O)CN1C(=S)NC(c2ccccn2)C1c1cc(C)n(-c2ccccc2)c1C. The zero-order chi connectivity index (χ0) is 22.0. The summed E-state index contributed by atoms with van der Waals surface area (Å²) in [5.41, 5.74) is 5.31. The van der Waals surface area contributed by atoms with Gasteiger partial charge in [0, 0.05) is 23.3 Å². The van der Waals surface area contributed by atoms with Crippen LogP contribution < -0.4 is 5.32 Å². The number of para-hydroxylation sites is 1. The van der Waals surface area contributed by atoms with Crippen LogP contribution in [0, 0.1) is 13.8 Å². The molecule has 0 radical (unpaired) electrons. The van der Waals surface area contributed by atoms with Crippen molar-refractivity contribution in [1.82, 2.24) is 19.8 Å². The summed E-state index contributed by atoms with van der Waals surface area (Å²) in [5.74, 6) is -0.296. The van der Waals surface area contributed by atoms with Crippen molar-refractivity contribution in [3.8, 4) is 5.69 Å². The van der Waals surface area contributed by atoms with Gasteiger partial charge in [-0.25, -0.2) is 0 Å². The monoisotopic (exact) mass is 434 g/mol. The molecule has 2 aromatic heterocycles. The van der Waals surface area contributed by atoms with Crippen LogP contribution in [0.25, 0.3) is 5.69 Å². The second-order valence-corrected chi connectivity index (χ2v) is 7.94. The summed E-state index contributed by atoms with van der Waals surface area (Å²) in [7, 11) is 0. The molecule has 2 atom stereocenters. The smallest absolute Gasteiger partial charge is 0.325 e. The van der Waals surface area contributed by atoms with Gasteiger partial charge in [-0.1, -0.05) is 24.3 Å². The van der Waals surface area contributed by atoms with Gasteiger partial charge in [0.2, 0.25) is 0 Å². The van der Waals surface area contributed by atoms with Gasteiger partial charge in [-0.05, 0) is 68.9 Å². The number of benzene rings is 1. The molecule has 0 amide bonds. The molecule has 1 saturated heterocycles. The number of rotatable bonds is 6. The second kappa shape index (κ2) is 8.89. The maximum atomic E-state index is 12.4. The van der Waals surface area contributed by atoms with Crippen molar-refractivity contribution >= 4 is 23.3 Å². The lowest BCUT2D eigenvalue weighted by Crippen LogP contribution is -2.35. The summed E-state index contributed by atoms with van der Waals surface area (Å²) in [6, 6.07) is 17.9. The highest BCUT2D eigenvalue weighted by Gasteiger charge is 2.42. The average Bonchev–Trinajstić information content (AvgIpc) is 3.25. The number of nitrogens with one attached hydrogen (secondary N) is 1. The van der Waals surface area contributed by atoms with E-state index in [1.165, 1.54) is 0 Å². The predicted octanol–water partition coefficient (Wildman–Crippen LogP) is 4.02. The van der Waals surface area contributed by atoms with Crippen LogP contribution in [0.15, 0.2) is 60.8 Å². The number of aryl methyl sites for hydroxylation is 1. The first-order valence-corrected chi connectivity index (χ1v) is 10.8. The number of carbonyl (C=O) groups is 1. The number of nitrogens with zero attached hydrogens (tertiary/aromatic N) is 3. The number of thiocarbonyl (C=S) groups is 1. The number of hydrogen-bond donors (Lipinski definition) is 1. The molecule has 6 nitrogen and oxygen atoms in total. The Morgan fingerprint density at radius 1 is 1.16 bits per heavy atom. The minimum Gasteiger partial charge on any atom is -0.465 e. The summed E-state index contributed by atoms with van der Waals surface area (Å²) >= 11 is 5.65. The molecule has 3 aromatic rings. The van der Waals surface area contributed by atoms with Gasteiger partial charge in [0.05, 0.1) is 24.4 Å². The fourth-order valence-corrected chi connectivity index (χ4v) is 4.63. The van der Waals surface area contributed by atoms with Crippen LogP contribution in [0.4, 0.5) is 0 Å². The number of pyridine rings is 1. The Hall–Kier alpha value is -3.19. The Balaban J connectivity index is 1.81. The highest BCUT2D eigenvalue weighted by molar-refractivity contribution is 7.80. The van der Waals surface area contributed by atoms with Crippen molar-refractivity contribution in [2.24, 2.45) is 0 Å². The number of aromatic nitrogens is 2. The van der Waals surface area contributed by atoms with Gasteiger partial charge in [-0.2, -0.15) is 0 Å².